The van der Waals surface area contributed by atoms with E-state index in [2.05, 4.69) is 15.5 Å². The third-order valence-electron chi connectivity index (χ3n) is 4.21. The second kappa shape index (κ2) is 8.36. The van der Waals surface area contributed by atoms with Crippen LogP contribution < -0.4 is 5.32 Å². The molecule has 0 atom stereocenters. The van der Waals surface area contributed by atoms with Gasteiger partial charge in [0.1, 0.15) is 6.20 Å². The molecule has 1 N–H and O–H groups in total. The Morgan fingerprint density at radius 3 is 2.64 bits per heavy atom. The van der Waals surface area contributed by atoms with Crippen molar-refractivity contribution in [1.29, 1.82) is 0 Å². The summed E-state index contributed by atoms with van der Waals surface area (Å²) in [6.45, 7) is 0.509. The van der Waals surface area contributed by atoms with Gasteiger partial charge >= 0.3 is 5.96 Å². The summed E-state index contributed by atoms with van der Waals surface area (Å²) >= 11 is 0. The molecule has 1 amide bonds. The Bertz CT molecular complexity index is 971. The van der Waals surface area contributed by atoms with Crippen molar-refractivity contribution >= 4 is 22.8 Å². The topological polar surface area (TPSA) is 105 Å². The summed E-state index contributed by atoms with van der Waals surface area (Å²) in [4.78, 5) is 16.4. The summed E-state index contributed by atoms with van der Waals surface area (Å²) in [7, 11) is 0.852. The normalized spacial score (nSPS) is 14.9. The van der Waals surface area contributed by atoms with Crippen molar-refractivity contribution in [2.24, 2.45) is 4.99 Å². The molecule has 0 saturated carbocycles. The number of aliphatic imine (C=N–C) groups is 1. The number of quaternary nitrogens is 1. The average Bonchev–Trinajstić information content (AvgIpc) is 3.29. The Kier molecular flexibility index (Phi) is 5.90. The highest BCUT2D eigenvalue weighted by Crippen LogP contribution is 2.19. The number of hydrogen-bond acceptors (Lipinski definition) is 6. The smallest absolute Gasteiger partial charge is 0.323 e. The zero-order chi connectivity index (χ0) is 20.1. The zero-order valence-electron chi connectivity index (χ0n) is 15.6. The van der Waals surface area contributed by atoms with E-state index in [0.717, 1.165) is 5.56 Å². The fourth-order valence-corrected chi connectivity index (χ4v) is 3.48. The van der Waals surface area contributed by atoms with Gasteiger partial charge in [0, 0.05) is 24.7 Å². The van der Waals surface area contributed by atoms with Gasteiger partial charge in [0.05, 0.1) is 20.3 Å². The largest absolute Gasteiger partial charge is 0.355 e. The average molecular weight is 404 g/mol. The summed E-state index contributed by atoms with van der Waals surface area (Å²) < 4.78 is 29.9. The molecule has 1 aliphatic rings. The van der Waals surface area contributed by atoms with Gasteiger partial charge in [0.15, 0.2) is 11.5 Å². The summed E-state index contributed by atoms with van der Waals surface area (Å²) in [6.07, 6.45) is 3.80. The van der Waals surface area contributed by atoms with Crippen molar-refractivity contribution in [2.75, 3.05) is 27.2 Å². The van der Waals surface area contributed by atoms with E-state index in [9.17, 15) is 13.2 Å². The maximum absolute atomic E-state index is 12.2. The highest BCUT2D eigenvalue weighted by molar-refractivity contribution is 7.70. The zero-order valence-corrected chi connectivity index (χ0v) is 16.5. The van der Waals surface area contributed by atoms with Crippen LogP contribution in [0.15, 0.2) is 58.3 Å². The number of amides is 1. The van der Waals surface area contributed by atoms with Crippen LogP contribution in [0.25, 0.3) is 11.3 Å². The Balaban J connectivity index is 1.52. The van der Waals surface area contributed by atoms with Gasteiger partial charge in [-0.05, 0) is 6.42 Å². The third-order valence-corrected chi connectivity index (χ3v) is 4.98. The van der Waals surface area contributed by atoms with Crippen molar-refractivity contribution in [3.63, 3.8) is 0 Å². The number of nitrogens with zero attached hydrogens (tertiary/aromatic N) is 4. The molecule has 1 aromatic heterocycles. The molecule has 2 aromatic rings. The minimum Gasteiger partial charge on any atom is -0.355 e. The van der Waals surface area contributed by atoms with E-state index >= 15 is 0 Å². The van der Waals surface area contributed by atoms with E-state index in [1.54, 1.807) is 18.5 Å². The van der Waals surface area contributed by atoms with Crippen LogP contribution in [0.5, 0.6) is 0 Å². The lowest BCUT2D eigenvalue weighted by Gasteiger charge is -2.27. The number of nitrogens with one attached hydrogen (secondary N) is 1. The van der Waals surface area contributed by atoms with Gasteiger partial charge in [-0.1, -0.05) is 35.5 Å². The number of guanidine groups is 1. The molecule has 0 bridgehead atoms. The van der Waals surface area contributed by atoms with Gasteiger partial charge in [-0.3, -0.25) is 4.79 Å². The molecule has 2 heterocycles. The molecule has 1 aliphatic heterocycles. The first-order valence-corrected chi connectivity index (χ1v) is 9.83. The van der Waals surface area contributed by atoms with E-state index in [1.807, 2.05) is 44.4 Å². The molecule has 1 aromatic carbocycles. The minimum atomic E-state index is -2.82. The Hall–Kier alpha value is -2.98. The molecule has 0 spiro atoms. The molecule has 148 valence electrons. The van der Waals surface area contributed by atoms with Crippen LogP contribution >= 0.6 is 0 Å². The molecule has 0 unspecified atom stereocenters. The quantitative estimate of drug-likeness (QED) is 0.410. The molecule has 3 rings (SSSR count). The second-order valence-electron chi connectivity index (χ2n) is 6.68. The molecule has 0 radical (unpaired) electrons. The van der Waals surface area contributed by atoms with E-state index in [4.69, 9.17) is 4.52 Å². The lowest BCUT2D eigenvalue weighted by atomic mass is 10.1. The van der Waals surface area contributed by atoms with Crippen LogP contribution in [0.2, 0.25) is 0 Å². The maximum Gasteiger partial charge on any atom is 0.323 e. The lowest BCUT2D eigenvalue weighted by Crippen LogP contribution is -2.49. The molecule has 0 aliphatic carbocycles. The summed E-state index contributed by atoms with van der Waals surface area (Å²) in [5.74, 6) is 0.554. The molecular weight excluding hydrogens is 382 g/mol. The number of thiol groups is 1. The first kappa shape index (κ1) is 19.8. The van der Waals surface area contributed by atoms with Crippen molar-refractivity contribution in [3.05, 3.63) is 54.5 Å². The Morgan fingerprint density at radius 1 is 1.25 bits per heavy atom. The number of carbonyl (C=O) groups excluding carboxylic acids is 1. The Morgan fingerprint density at radius 2 is 2.00 bits per heavy atom. The molecule has 0 fully saturated rings. The van der Waals surface area contributed by atoms with E-state index in [-0.39, 0.29) is 22.6 Å². The predicted molar refractivity (Wildman–Crippen MR) is 105 cm³/mol. The van der Waals surface area contributed by atoms with Crippen molar-refractivity contribution in [2.45, 2.75) is 6.42 Å². The van der Waals surface area contributed by atoms with E-state index in [0.29, 0.717) is 24.7 Å². The standard InChI is InChI=1S/C18H21N5O4S/c1-23(2)12-10-20-18(23)22(28(25)26)11-6-9-19-17(24)15-13-16(27-21-15)14-7-4-3-5-8-14/h3-5,7-8,10,12-13,28H,6,9,11H2,1-2H3/p+1. The molecule has 28 heavy (non-hydrogen) atoms. The van der Waals surface area contributed by atoms with Gasteiger partial charge in [0.25, 0.3) is 5.91 Å². The SMILES string of the molecule is C[N+]1(C)C=CN=C1N(CCCNC(=O)c1cc(-c2ccccc2)on1)[SH](=O)=O. The minimum absolute atomic E-state index is 0.174. The van der Waals surface area contributed by atoms with Gasteiger partial charge in [-0.25, -0.2) is 17.2 Å². The predicted octanol–water partition coefficient (Wildman–Crippen LogP) is 1.21. The van der Waals surface area contributed by atoms with Crippen molar-refractivity contribution < 1.29 is 22.2 Å². The fourth-order valence-electron chi connectivity index (χ4n) is 2.74. The fraction of sp³-hybridized carbons (Fsp3) is 0.278. The lowest BCUT2D eigenvalue weighted by molar-refractivity contribution is -0.745. The number of hydrogen-bond donors (Lipinski definition) is 2. The first-order valence-electron chi connectivity index (χ1n) is 8.70. The van der Waals surface area contributed by atoms with Crippen LogP contribution in [-0.4, -0.2) is 61.4 Å². The van der Waals surface area contributed by atoms with Crippen LogP contribution in [0.4, 0.5) is 0 Å². The van der Waals surface area contributed by atoms with E-state index < -0.39 is 10.9 Å². The number of aromatic nitrogens is 1. The highest BCUT2D eigenvalue weighted by atomic mass is 32.2. The summed E-state index contributed by atoms with van der Waals surface area (Å²) in [5, 5.41) is 6.52. The van der Waals surface area contributed by atoms with Gasteiger partial charge in [-0.2, -0.15) is 4.99 Å². The number of rotatable bonds is 7. The maximum atomic E-state index is 12.2. The summed E-state index contributed by atoms with van der Waals surface area (Å²) in [5.41, 5.74) is 1.00. The van der Waals surface area contributed by atoms with Crippen molar-refractivity contribution in [1.82, 2.24) is 14.8 Å². The molecular formula is C18H22N5O4S+. The summed E-state index contributed by atoms with van der Waals surface area (Å²) in [6, 6.07) is 10.9. The van der Waals surface area contributed by atoms with Crippen LogP contribution in [0.3, 0.4) is 0 Å². The first-order chi connectivity index (χ1) is 13.4. The third kappa shape index (κ3) is 4.46. The van der Waals surface area contributed by atoms with Gasteiger partial charge in [0.2, 0.25) is 10.9 Å². The van der Waals surface area contributed by atoms with Crippen LogP contribution in [0, 0.1) is 0 Å². The monoisotopic (exact) mass is 404 g/mol. The highest BCUT2D eigenvalue weighted by Gasteiger charge is 2.32. The second-order valence-corrected chi connectivity index (χ2v) is 7.64. The molecule has 9 nitrogen and oxygen atoms in total. The van der Waals surface area contributed by atoms with Crippen molar-refractivity contribution in [3.8, 4) is 11.3 Å². The van der Waals surface area contributed by atoms with Crippen LogP contribution in [-0.2, 0) is 10.9 Å². The van der Waals surface area contributed by atoms with Gasteiger partial charge < -0.3 is 9.84 Å². The van der Waals surface area contributed by atoms with Crippen LogP contribution in [0.1, 0.15) is 16.9 Å². The molecule has 10 heteroatoms. The van der Waals surface area contributed by atoms with Gasteiger partial charge in [-0.15, -0.1) is 0 Å². The number of benzene rings is 1. The Labute approximate surface area is 164 Å². The molecule has 0 saturated heterocycles. The number of carbonyl (C=O) groups is 1. The van der Waals surface area contributed by atoms with E-state index in [1.165, 1.54) is 4.31 Å².